The molecule has 3 nitrogen and oxygen atoms in total. The second-order valence-electron chi connectivity index (χ2n) is 8.60. The van der Waals surface area contributed by atoms with Gasteiger partial charge in [0.1, 0.15) is 5.82 Å². The van der Waals surface area contributed by atoms with Gasteiger partial charge in [0.15, 0.2) is 0 Å². The number of methoxy groups -OCH3 is 1. The summed E-state index contributed by atoms with van der Waals surface area (Å²) in [5.74, 6) is 2.07. The monoisotopic (exact) mass is 345 g/mol. The Morgan fingerprint density at radius 3 is 2.44 bits per heavy atom. The molecule has 0 unspecified atom stereocenters. The standard InChI is InChI=1S/C21H28FNO2/c1-25-20(24)17-3-2-4-19(22)18(17)13-23-6-5-21-10-14-7-15(11-21)9-16(8-14)12-21/h2-4,14-16,23H,5-13H2,1H3. The number of halogens is 1. The van der Waals surface area contributed by atoms with Gasteiger partial charge >= 0.3 is 5.97 Å². The van der Waals surface area contributed by atoms with E-state index < -0.39 is 5.97 Å². The molecule has 136 valence electrons. The Morgan fingerprint density at radius 2 is 1.84 bits per heavy atom. The van der Waals surface area contributed by atoms with Crippen LogP contribution in [-0.4, -0.2) is 19.6 Å². The van der Waals surface area contributed by atoms with Crippen LogP contribution in [0.1, 0.15) is 60.9 Å². The normalized spacial score (nSPS) is 32.8. The summed E-state index contributed by atoms with van der Waals surface area (Å²) in [6, 6.07) is 4.59. The number of rotatable bonds is 6. The van der Waals surface area contributed by atoms with E-state index in [0.29, 0.717) is 23.1 Å². The molecule has 4 aliphatic carbocycles. The first-order valence-electron chi connectivity index (χ1n) is 9.65. The second kappa shape index (κ2) is 6.71. The number of carbonyl (C=O) groups excluding carboxylic acids is 1. The molecule has 0 radical (unpaired) electrons. The molecule has 1 N–H and O–H groups in total. The zero-order chi connectivity index (χ0) is 17.4. The molecule has 0 aliphatic heterocycles. The van der Waals surface area contributed by atoms with E-state index in [4.69, 9.17) is 4.74 Å². The van der Waals surface area contributed by atoms with Crippen LogP contribution in [0, 0.1) is 29.0 Å². The van der Waals surface area contributed by atoms with Crippen LogP contribution in [0.2, 0.25) is 0 Å². The van der Waals surface area contributed by atoms with Crippen LogP contribution in [0.3, 0.4) is 0 Å². The average molecular weight is 345 g/mol. The fourth-order valence-electron chi connectivity index (χ4n) is 6.20. The first-order valence-corrected chi connectivity index (χ1v) is 9.65. The van der Waals surface area contributed by atoms with Crippen molar-refractivity contribution in [1.82, 2.24) is 5.32 Å². The van der Waals surface area contributed by atoms with Gasteiger partial charge in [0, 0.05) is 12.1 Å². The van der Waals surface area contributed by atoms with Gasteiger partial charge in [0.05, 0.1) is 12.7 Å². The first-order chi connectivity index (χ1) is 12.1. The molecule has 0 amide bonds. The Hall–Kier alpha value is -1.42. The summed E-state index contributed by atoms with van der Waals surface area (Å²) in [5.41, 5.74) is 1.27. The summed E-state index contributed by atoms with van der Waals surface area (Å²) >= 11 is 0. The molecule has 0 atom stereocenters. The molecule has 4 aliphatic rings. The number of benzene rings is 1. The Kier molecular flexibility index (Phi) is 4.57. The molecule has 5 rings (SSSR count). The lowest BCUT2D eigenvalue weighted by Gasteiger charge is -2.57. The topological polar surface area (TPSA) is 38.3 Å². The molecule has 4 heteroatoms. The van der Waals surface area contributed by atoms with Gasteiger partial charge in [-0.15, -0.1) is 0 Å². The molecule has 0 spiro atoms. The summed E-state index contributed by atoms with van der Waals surface area (Å²) in [7, 11) is 1.33. The molecule has 25 heavy (non-hydrogen) atoms. The zero-order valence-electron chi connectivity index (χ0n) is 15.0. The van der Waals surface area contributed by atoms with Crippen molar-refractivity contribution in [1.29, 1.82) is 0 Å². The zero-order valence-corrected chi connectivity index (χ0v) is 15.0. The van der Waals surface area contributed by atoms with E-state index in [1.54, 1.807) is 12.1 Å². The number of esters is 1. The van der Waals surface area contributed by atoms with E-state index in [2.05, 4.69) is 5.32 Å². The van der Waals surface area contributed by atoms with Crippen molar-refractivity contribution in [3.8, 4) is 0 Å². The third kappa shape index (κ3) is 3.33. The minimum Gasteiger partial charge on any atom is -0.465 e. The van der Waals surface area contributed by atoms with E-state index in [0.717, 1.165) is 24.3 Å². The van der Waals surface area contributed by atoms with Crippen LogP contribution in [0.25, 0.3) is 0 Å². The lowest BCUT2D eigenvalue weighted by molar-refractivity contribution is -0.0567. The van der Waals surface area contributed by atoms with Crippen LogP contribution in [-0.2, 0) is 11.3 Å². The average Bonchev–Trinajstić information content (AvgIpc) is 2.57. The molecular weight excluding hydrogens is 317 g/mol. The van der Waals surface area contributed by atoms with Gasteiger partial charge in [-0.3, -0.25) is 0 Å². The minimum absolute atomic E-state index is 0.324. The van der Waals surface area contributed by atoms with Gasteiger partial charge in [0.2, 0.25) is 0 Å². The highest BCUT2D eigenvalue weighted by Gasteiger charge is 2.50. The smallest absolute Gasteiger partial charge is 0.338 e. The predicted octanol–water partition coefficient (Wildman–Crippen LogP) is 4.31. The van der Waals surface area contributed by atoms with E-state index in [1.807, 2.05) is 0 Å². The fraction of sp³-hybridized carbons (Fsp3) is 0.667. The fourth-order valence-corrected chi connectivity index (χ4v) is 6.20. The SMILES string of the molecule is COC(=O)c1cccc(F)c1CNCCC12CC3CC(CC(C3)C1)C2. The maximum atomic E-state index is 14.1. The van der Waals surface area contributed by atoms with Crippen LogP contribution in [0.5, 0.6) is 0 Å². The molecule has 0 saturated heterocycles. The van der Waals surface area contributed by atoms with Crippen LogP contribution < -0.4 is 5.32 Å². The summed E-state index contributed by atoms with van der Waals surface area (Å²) in [6.45, 7) is 1.27. The van der Waals surface area contributed by atoms with Crippen molar-refractivity contribution in [2.75, 3.05) is 13.7 Å². The third-order valence-corrected chi connectivity index (χ3v) is 6.82. The third-order valence-electron chi connectivity index (χ3n) is 6.82. The van der Waals surface area contributed by atoms with Crippen molar-refractivity contribution in [2.24, 2.45) is 23.2 Å². The summed E-state index contributed by atoms with van der Waals surface area (Å²) in [6.07, 6.45) is 9.76. The Balaban J connectivity index is 1.35. The van der Waals surface area contributed by atoms with Gasteiger partial charge < -0.3 is 10.1 Å². The summed E-state index contributed by atoms with van der Waals surface area (Å²) in [5, 5.41) is 3.39. The van der Waals surface area contributed by atoms with Gasteiger partial charge in [-0.25, -0.2) is 9.18 Å². The van der Waals surface area contributed by atoms with Gasteiger partial charge in [-0.1, -0.05) is 6.07 Å². The number of carbonyl (C=O) groups is 1. The maximum Gasteiger partial charge on any atom is 0.338 e. The Labute approximate surface area is 149 Å². The first kappa shape index (κ1) is 17.0. The van der Waals surface area contributed by atoms with Gasteiger partial charge in [-0.2, -0.15) is 0 Å². The Morgan fingerprint density at radius 1 is 1.20 bits per heavy atom. The van der Waals surface area contributed by atoms with Crippen molar-refractivity contribution in [3.05, 3.63) is 35.1 Å². The molecule has 0 heterocycles. The van der Waals surface area contributed by atoms with Crippen LogP contribution >= 0.6 is 0 Å². The maximum absolute atomic E-state index is 14.1. The van der Waals surface area contributed by atoms with Crippen molar-refractivity contribution in [3.63, 3.8) is 0 Å². The molecule has 0 aromatic heterocycles. The van der Waals surface area contributed by atoms with Crippen LogP contribution in [0.4, 0.5) is 4.39 Å². The van der Waals surface area contributed by atoms with Crippen molar-refractivity contribution >= 4 is 5.97 Å². The highest BCUT2D eigenvalue weighted by Crippen LogP contribution is 2.61. The highest BCUT2D eigenvalue weighted by atomic mass is 19.1. The highest BCUT2D eigenvalue weighted by molar-refractivity contribution is 5.91. The quantitative estimate of drug-likeness (QED) is 0.617. The van der Waals surface area contributed by atoms with E-state index in [-0.39, 0.29) is 5.82 Å². The molecule has 4 fully saturated rings. The predicted molar refractivity (Wildman–Crippen MR) is 94.7 cm³/mol. The second-order valence-corrected chi connectivity index (χ2v) is 8.60. The lowest BCUT2D eigenvalue weighted by Crippen LogP contribution is -2.47. The molecular formula is C21H28FNO2. The van der Waals surface area contributed by atoms with Crippen LogP contribution in [0.15, 0.2) is 18.2 Å². The Bertz CT molecular complexity index is 622. The summed E-state index contributed by atoms with van der Waals surface area (Å²) < 4.78 is 18.9. The van der Waals surface area contributed by atoms with E-state index in [9.17, 15) is 9.18 Å². The molecule has 1 aromatic rings. The molecule has 1 aromatic carbocycles. The largest absolute Gasteiger partial charge is 0.465 e. The van der Waals surface area contributed by atoms with Crippen molar-refractivity contribution in [2.45, 2.75) is 51.5 Å². The van der Waals surface area contributed by atoms with Gasteiger partial charge in [0.25, 0.3) is 0 Å². The number of nitrogens with one attached hydrogen (secondary N) is 1. The van der Waals surface area contributed by atoms with E-state index >= 15 is 0 Å². The lowest BCUT2D eigenvalue weighted by atomic mass is 9.49. The number of hydrogen-bond donors (Lipinski definition) is 1. The molecule has 4 bridgehead atoms. The number of ether oxygens (including phenoxy) is 1. The van der Waals surface area contributed by atoms with E-state index in [1.165, 1.54) is 58.1 Å². The number of hydrogen-bond acceptors (Lipinski definition) is 3. The van der Waals surface area contributed by atoms with Crippen molar-refractivity contribution < 1.29 is 13.9 Å². The molecule has 4 saturated carbocycles. The minimum atomic E-state index is -0.475. The van der Waals surface area contributed by atoms with Gasteiger partial charge in [-0.05, 0) is 86.8 Å². The summed E-state index contributed by atoms with van der Waals surface area (Å²) in [4.78, 5) is 11.8.